The van der Waals surface area contributed by atoms with Gasteiger partial charge >= 0.3 is 0 Å². The molecular weight excluding hydrogens is 266 g/mol. The fourth-order valence-electron chi connectivity index (χ4n) is 2.30. The van der Waals surface area contributed by atoms with Crippen LogP contribution in [0.1, 0.15) is 11.3 Å². The number of hydrogen-bond donors (Lipinski definition) is 3. The molecule has 0 saturated carbocycles. The minimum absolute atomic E-state index is 0.0835. The van der Waals surface area contributed by atoms with E-state index in [-0.39, 0.29) is 12.5 Å². The third kappa shape index (κ3) is 2.64. The van der Waals surface area contributed by atoms with E-state index in [1.807, 2.05) is 30.3 Å². The lowest BCUT2D eigenvalue weighted by molar-refractivity contribution is -0.110. The number of anilines is 2. The Morgan fingerprint density at radius 3 is 2.95 bits per heavy atom. The summed E-state index contributed by atoms with van der Waals surface area (Å²) in [6, 6.07) is 11.3. The minimum Gasteiger partial charge on any atom is -0.396 e. The van der Waals surface area contributed by atoms with E-state index in [0.717, 1.165) is 16.9 Å². The maximum Gasteiger partial charge on any atom is 0.259 e. The molecule has 0 spiro atoms. The van der Waals surface area contributed by atoms with Crippen LogP contribution >= 0.6 is 0 Å². The van der Waals surface area contributed by atoms with Gasteiger partial charge in [0.25, 0.3) is 5.91 Å². The molecule has 3 N–H and O–H groups in total. The standard InChI is InChI=1S/C16H15N3O2/c20-9-7-11-4-1-2-5-13(11)18-10-12-15-14(19-16(12)21)6-3-8-17-15/h1-6,8,10,18,20H,7,9H2,(H,19,21). The molecule has 0 radical (unpaired) electrons. The maximum absolute atomic E-state index is 12.0. The maximum atomic E-state index is 12.0. The van der Waals surface area contributed by atoms with Crippen molar-refractivity contribution in [3.05, 3.63) is 60.1 Å². The molecule has 106 valence electrons. The fraction of sp³-hybridized carbons (Fsp3) is 0.125. The Bertz CT molecular complexity index is 710. The number of carbonyl (C=O) groups excluding carboxylic acids is 1. The molecule has 1 aromatic carbocycles. The number of para-hydroxylation sites is 1. The molecule has 0 aliphatic carbocycles. The Labute approximate surface area is 122 Å². The number of carbonyl (C=O) groups is 1. The summed E-state index contributed by atoms with van der Waals surface area (Å²) in [7, 11) is 0. The lowest BCUT2D eigenvalue weighted by Gasteiger charge is -2.08. The first kappa shape index (κ1) is 13.3. The van der Waals surface area contributed by atoms with Crippen LogP contribution in [0, 0.1) is 0 Å². The first-order valence-corrected chi connectivity index (χ1v) is 6.72. The fourth-order valence-corrected chi connectivity index (χ4v) is 2.30. The van der Waals surface area contributed by atoms with Crippen LogP contribution < -0.4 is 10.6 Å². The SMILES string of the molecule is O=C1Nc2cccnc2C1=CNc1ccccc1CCO. The van der Waals surface area contributed by atoms with Crippen LogP contribution in [0.5, 0.6) is 0 Å². The second kappa shape index (κ2) is 5.76. The van der Waals surface area contributed by atoms with Gasteiger partial charge in [-0.25, -0.2) is 0 Å². The van der Waals surface area contributed by atoms with Crippen molar-refractivity contribution in [2.24, 2.45) is 0 Å². The molecule has 0 atom stereocenters. The van der Waals surface area contributed by atoms with Crippen LogP contribution in [0.2, 0.25) is 0 Å². The summed E-state index contributed by atoms with van der Waals surface area (Å²) in [5.41, 5.74) is 3.74. The van der Waals surface area contributed by atoms with Crippen LogP contribution in [0.15, 0.2) is 48.8 Å². The van der Waals surface area contributed by atoms with Gasteiger partial charge in [0.05, 0.1) is 11.3 Å². The minimum atomic E-state index is -0.171. The molecule has 1 amide bonds. The van der Waals surface area contributed by atoms with Gasteiger partial charge in [-0.05, 0) is 30.2 Å². The van der Waals surface area contributed by atoms with Crippen molar-refractivity contribution in [1.29, 1.82) is 0 Å². The van der Waals surface area contributed by atoms with Gasteiger partial charge in [0.1, 0.15) is 5.69 Å². The highest BCUT2D eigenvalue weighted by molar-refractivity contribution is 6.31. The summed E-state index contributed by atoms with van der Waals surface area (Å²) in [6.45, 7) is 0.0835. The van der Waals surface area contributed by atoms with Gasteiger partial charge in [-0.3, -0.25) is 9.78 Å². The Balaban J connectivity index is 1.89. The van der Waals surface area contributed by atoms with E-state index in [2.05, 4.69) is 15.6 Å². The third-order valence-electron chi connectivity index (χ3n) is 3.33. The monoisotopic (exact) mass is 281 g/mol. The van der Waals surface area contributed by atoms with Crippen molar-refractivity contribution in [2.45, 2.75) is 6.42 Å². The zero-order valence-corrected chi connectivity index (χ0v) is 11.3. The molecule has 0 unspecified atom stereocenters. The van der Waals surface area contributed by atoms with Crippen molar-refractivity contribution in [3.8, 4) is 0 Å². The molecule has 5 nitrogen and oxygen atoms in total. The van der Waals surface area contributed by atoms with Crippen LogP contribution in [-0.4, -0.2) is 22.6 Å². The van der Waals surface area contributed by atoms with E-state index in [4.69, 9.17) is 5.11 Å². The van der Waals surface area contributed by atoms with Crippen LogP contribution in [0.3, 0.4) is 0 Å². The first-order valence-electron chi connectivity index (χ1n) is 6.72. The van der Waals surface area contributed by atoms with Crippen molar-refractivity contribution < 1.29 is 9.90 Å². The highest BCUT2D eigenvalue weighted by Gasteiger charge is 2.24. The van der Waals surface area contributed by atoms with E-state index >= 15 is 0 Å². The summed E-state index contributed by atoms with van der Waals surface area (Å²) in [5, 5.41) is 15.0. The summed E-state index contributed by atoms with van der Waals surface area (Å²) >= 11 is 0. The largest absolute Gasteiger partial charge is 0.396 e. The van der Waals surface area contributed by atoms with Gasteiger partial charge in [0.2, 0.25) is 0 Å². The normalized spacial score (nSPS) is 14.9. The molecule has 0 saturated heterocycles. The number of hydrogen-bond acceptors (Lipinski definition) is 4. The van der Waals surface area contributed by atoms with Crippen LogP contribution in [0.4, 0.5) is 11.4 Å². The van der Waals surface area contributed by atoms with E-state index in [1.54, 1.807) is 18.5 Å². The number of rotatable bonds is 4. The number of aliphatic hydroxyl groups is 1. The highest BCUT2D eigenvalue weighted by Crippen LogP contribution is 2.29. The summed E-state index contributed by atoms with van der Waals surface area (Å²) in [5.74, 6) is -0.171. The molecule has 0 bridgehead atoms. The number of benzene rings is 1. The van der Waals surface area contributed by atoms with Gasteiger partial charge in [-0.1, -0.05) is 18.2 Å². The number of amides is 1. The third-order valence-corrected chi connectivity index (χ3v) is 3.33. The predicted molar refractivity (Wildman–Crippen MR) is 81.7 cm³/mol. The highest BCUT2D eigenvalue weighted by atomic mass is 16.3. The van der Waals surface area contributed by atoms with Crippen molar-refractivity contribution >= 4 is 22.9 Å². The number of fused-ring (bicyclic) bond motifs is 1. The van der Waals surface area contributed by atoms with Crippen LogP contribution in [-0.2, 0) is 11.2 Å². The Kier molecular flexibility index (Phi) is 3.66. The van der Waals surface area contributed by atoms with E-state index in [0.29, 0.717) is 17.7 Å². The lowest BCUT2D eigenvalue weighted by Crippen LogP contribution is -2.06. The van der Waals surface area contributed by atoms with Gasteiger partial charge < -0.3 is 15.7 Å². The second-order valence-electron chi connectivity index (χ2n) is 4.69. The first-order chi connectivity index (χ1) is 10.3. The van der Waals surface area contributed by atoms with Crippen molar-refractivity contribution in [2.75, 3.05) is 17.2 Å². The van der Waals surface area contributed by atoms with Gasteiger partial charge in [-0.15, -0.1) is 0 Å². The average Bonchev–Trinajstić information content (AvgIpc) is 2.82. The Morgan fingerprint density at radius 2 is 2.10 bits per heavy atom. The molecule has 2 aromatic rings. The van der Waals surface area contributed by atoms with Crippen molar-refractivity contribution in [1.82, 2.24) is 4.98 Å². The smallest absolute Gasteiger partial charge is 0.259 e. The Hall–Kier alpha value is -2.66. The molecule has 5 heteroatoms. The number of pyridine rings is 1. The zero-order valence-electron chi connectivity index (χ0n) is 11.3. The van der Waals surface area contributed by atoms with Crippen molar-refractivity contribution in [3.63, 3.8) is 0 Å². The summed E-state index contributed by atoms with van der Waals surface area (Å²) in [6.07, 6.45) is 3.88. The molecule has 3 rings (SSSR count). The lowest BCUT2D eigenvalue weighted by atomic mass is 10.1. The molecule has 2 heterocycles. The average molecular weight is 281 g/mol. The second-order valence-corrected chi connectivity index (χ2v) is 4.69. The number of aromatic nitrogens is 1. The zero-order chi connectivity index (χ0) is 14.7. The molecule has 0 fully saturated rings. The number of nitrogens with one attached hydrogen (secondary N) is 2. The molecule has 1 aliphatic heterocycles. The van der Waals surface area contributed by atoms with Gasteiger partial charge in [0, 0.05) is 24.7 Å². The van der Waals surface area contributed by atoms with E-state index in [1.165, 1.54) is 0 Å². The van der Waals surface area contributed by atoms with Gasteiger partial charge in [0.15, 0.2) is 0 Å². The quantitative estimate of drug-likeness (QED) is 0.750. The molecule has 1 aliphatic rings. The molecule has 1 aromatic heterocycles. The van der Waals surface area contributed by atoms with Crippen LogP contribution in [0.25, 0.3) is 5.57 Å². The molecule has 21 heavy (non-hydrogen) atoms. The van der Waals surface area contributed by atoms with Gasteiger partial charge in [-0.2, -0.15) is 0 Å². The molecular formula is C16H15N3O2. The Morgan fingerprint density at radius 1 is 1.24 bits per heavy atom. The summed E-state index contributed by atoms with van der Waals surface area (Å²) < 4.78 is 0. The predicted octanol–water partition coefficient (Wildman–Crippen LogP) is 2.02. The number of aliphatic hydroxyl groups excluding tert-OH is 1. The van der Waals surface area contributed by atoms with E-state index < -0.39 is 0 Å². The number of nitrogens with zero attached hydrogens (tertiary/aromatic N) is 1. The van der Waals surface area contributed by atoms with E-state index in [9.17, 15) is 4.79 Å². The topological polar surface area (TPSA) is 74.2 Å². The summed E-state index contributed by atoms with van der Waals surface area (Å²) in [4.78, 5) is 16.2.